The fourth-order valence-electron chi connectivity index (χ4n) is 3.81. The third-order valence-corrected chi connectivity index (χ3v) is 5.30. The molecule has 0 aliphatic carbocycles. The van der Waals surface area contributed by atoms with E-state index in [4.69, 9.17) is 9.84 Å². The zero-order valence-corrected chi connectivity index (χ0v) is 15.8. The largest absolute Gasteiger partial charge is 0.507 e. The molecule has 0 amide bonds. The topological polar surface area (TPSA) is 66.8 Å². The van der Waals surface area contributed by atoms with E-state index in [0.717, 1.165) is 45.2 Å². The van der Waals surface area contributed by atoms with E-state index in [-0.39, 0.29) is 5.92 Å². The summed E-state index contributed by atoms with van der Waals surface area (Å²) in [6, 6.07) is 7.80. The van der Waals surface area contributed by atoms with Crippen LogP contribution >= 0.6 is 0 Å². The van der Waals surface area contributed by atoms with Crippen molar-refractivity contribution in [3.63, 3.8) is 0 Å². The number of hydrogen-bond acceptors (Lipinski definition) is 3. The van der Waals surface area contributed by atoms with E-state index in [1.165, 1.54) is 0 Å². The number of hydrogen-bond donors (Lipinski definition) is 2. The second-order valence-electron chi connectivity index (χ2n) is 7.44. The van der Waals surface area contributed by atoms with Gasteiger partial charge < -0.3 is 14.9 Å². The van der Waals surface area contributed by atoms with Gasteiger partial charge in [0.25, 0.3) is 0 Å². The molecule has 26 heavy (non-hydrogen) atoms. The van der Waals surface area contributed by atoms with Crippen LogP contribution in [-0.4, -0.2) is 21.8 Å². The van der Waals surface area contributed by atoms with Gasteiger partial charge >= 0.3 is 5.97 Å². The summed E-state index contributed by atoms with van der Waals surface area (Å²) < 4.78 is 6.32. The molecule has 4 heteroatoms. The fraction of sp³-hybridized carbons (Fsp3) is 0.318. The van der Waals surface area contributed by atoms with Crippen LogP contribution in [0.5, 0.6) is 11.5 Å². The first-order valence-electron chi connectivity index (χ1n) is 8.66. The first-order chi connectivity index (χ1) is 12.1. The number of fused-ring (bicyclic) bond motifs is 1. The molecular weight excluding hydrogens is 328 g/mol. The maximum atomic E-state index is 10.7. The predicted octanol–water partition coefficient (Wildman–Crippen LogP) is 4.72. The smallest absolute Gasteiger partial charge is 0.328 e. The minimum Gasteiger partial charge on any atom is -0.507 e. The van der Waals surface area contributed by atoms with Crippen molar-refractivity contribution in [2.45, 2.75) is 46.1 Å². The molecule has 0 aromatic heterocycles. The Morgan fingerprint density at radius 2 is 1.69 bits per heavy atom. The van der Waals surface area contributed by atoms with E-state index in [0.29, 0.717) is 5.75 Å². The average Bonchev–Trinajstić information content (AvgIpc) is 2.88. The summed E-state index contributed by atoms with van der Waals surface area (Å²) in [4.78, 5) is 10.7. The molecule has 2 aromatic rings. The lowest BCUT2D eigenvalue weighted by Gasteiger charge is -2.27. The van der Waals surface area contributed by atoms with Crippen LogP contribution in [0, 0.1) is 20.8 Å². The van der Waals surface area contributed by atoms with Crippen molar-refractivity contribution in [2.75, 3.05) is 0 Å². The van der Waals surface area contributed by atoms with E-state index in [1.54, 1.807) is 6.08 Å². The monoisotopic (exact) mass is 352 g/mol. The number of phenolic OH excluding ortho intramolecular Hbond substituents is 1. The Morgan fingerprint density at radius 1 is 1.08 bits per heavy atom. The lowest BCUT2D eigenvalue weighted by atomic mass is 9.78. The van der Waals surface area contributed by atoms with Gasteiger partial charge in [0, 0.05) is 11.6 Å². The first-order valence-corrected chi connectivity index (χ1v) is 8.66. The maximum absolute atomic E-state index is 10.7. The standard InChI is InChI=1S/C22H24O4/c1-12-13(2)21-18(14(3)20(12)25)19(22(4,5)26-21)16-9-6-15(7-10-16)8-11-17(23)24/h6-11,19,25H,1-5H3,(H,23,24). The van der Waals surface area contributed by atoms with Crippen LogP contribution in [0.25, 0.3) is 6.08 Å². The molecule has 4 nitrogen and oxygen atoms in total. The molecule has 1 aliphatic heterocycles. The van der Waals surface area contributed by atoms with Gasteiger partial charge in [-0.15, -0.1) is 0 Å². The van der Waals surface area contributed by atoms with Crippen molar-refractivity contribution in [3.8, 4) is 11.5 Å². The number of phenols is 1. The Hall–Kier alpha value is -2.75. The van der Waals surface area contributed by atoms with Crippen LogP contribution in [-0.2, 0) is 4.79 Å². The first kappa shape index (κ1) is 18.1. The van der Waals surface area contributed by atoms with Crippen molar-refractivity contribution in [1.82, 2.24) is 0 Å². The molecule has 0 saturated carbocycles. The Bertz CT molecular complexity index is 905. The Kier molecular flexibility index (Phi) is 4.31. The summed E-state index contributed by atoms with van der Waals surface area (Å²) in [5.74, 6) is 0.210. The number of benzene rings is 2. The number of carboxylic acid groups (broad SMARTS) is 1. The molecule has 1 aliphatic rings. The molecule has 0 bridgehead atoms. The van der Waals surface area contributed by atoms with Crippen LogP contribution in [0.1, 0.15) is 53.1 Å². The fourth-order valence-corrected chi connectivity index (χ4v) is 3.81. The number of ether oxygens (including phenoxy) is 1. The minimum atomic E-state index is -0.967. The second kappa shape index (κ2) is 6.20. The van der Waals surface area contributed by atoms with E-state index >= 15 is 0 Å². The third-order valence-electron chi connectivity index (χ3n) is 5.30. The zero-order chi connectivity index (χ0) is 19.2. The summed E-state index contributed by atoms with van der Waals surface area (Å²) in [5, 5.41) is 19.3. The van der Waals surface area contributed by atoms with Gasteiger partial charge in [0.05, 0.1) is 5.92 Å². The molecule has 136 valence electrons. The molecule has 2 aromatic carbocycles. The van der Waals surface area contributed by atoms with Crippen molar-refractivity contribution in [1.29, 1.82) is 0 Å². The SMILES string of the molecule is Cc1c(C)c2c(c(C)c1O)C(c1ccc(C=CC(=O)O)cc1)C(C)(C)O2. The lowest BCUT2D eigenvalue weighted by molar-refractivity contribution is -0.131. The molecule has 0 spiro atoms. The van der Waals surface area contributed by atoms with E-state index in [9.17, 15) is 9.90 Å². The average molecular weight is 352 g/mol. The lowest BCUT2D eigenvalue weighted by Crippen LogP contribution is -2.31. The Labute approximate surface area is 153 Å². The van der Waals surface area contributed by atoms with Crippen molar-refractivity contribution < 1.29 is 19.7 Å². The van der Waals surface area contributed by atoms with Gasteiger partial charge in [0.1, 0.15) is 17.1 Å². The van der Waals surface area contributed by atoms with Gasteiger partial charge in [-0.3, -0.25) is 0 Å². The summed E-state index contributed by atoms with van der Waals surface area (Å²) in [6.45, 7) is 9.93. The molecule has 1 heterocycles. The normalized spacial score (nSPS) is 18.0. The quantitative estimate of drug-likeness (QED) is 0.785. The molecular formula is C22H24O4. The molecule has 0 saturated heterocycles. The highest BCUT2D eigenvalue weighted by Gasteiger charge is 2.44. The Morgan fingerprint density at radius 3 is 2.27 bits per heavy atom. The summed E-state index contributed by atoms with van der Waals surface area (Å²) >= 11 is 0. The van der Waals surface area contributed by atoms with Crippen LogP contribution in [0.2, 0.25) is 0 Å². The van der Waals surface area contributed by atoms with Gasteiger partial charge in [0.15, 0.2) is 0 Å². The number of aliphatic carboxylic acids is 1. The van der Waals surface area contributed by atoms with Crippen molar-refractivity contribution in [2.24, 2.45) is 0 Å². The zero-order valence-electron chi connectivity index (χ0n) is 15.8. The number of rotatable bonds is 3. The van der Waals surface area contributed by atoms with E-state index in [1.807, 2.05) is 45.0 Å². The van der Waals surface area contributed by atoms with E-state index in [2.05, 4.69) is 13.8 Å². The van der Waals surface area contributed by atoms with Crippen LogP contribution < -0.4 is 4.74 Å². The van der Waals surface area contributed by atoms with Gasteiger partial charge in [-0.05, 0) is 68.5 Å². The number of carbonyl (C=O) groups is 1. The summed E-state index contributed by atoms with van der Waals surface area (Å²) in [7, 11) is 0. The molecule has 0 fully saturated rings. The highest BCUT2D eigenvalue weighted by Crippen LogP contribution is 2.53. The third kappa shape index (κ3) is 2.85. The van der Waals surface area contributed by atoms with Crippen LogP contribution in [0.4, 0.5) is 0 Å². The second-order valence-corrected chi connectivity index (χ2v) is 7.44. The maximum Gasteiger partial charge on any atom is 0.328 e. The van der Waals surface area contributed by atoms with Gasteiger partial charge in [0.2, 0.25) is 0 Å². The number of aromatic hydroxyl groups is 1. The van der Waals surface area contributed by atoms with Crippen molar-refractivity contribution >= 4 is 12.0 Å². The molecule has 3 rings (SSSR count). The minimum absolute atomic E-state index is 0.0137. The van der Waals surface area contributed by atoms with Gasteiger partial charge in [-0.25, -0.2) is 4.79 Å². The molecule has 2 N–H and O–H groups in total. The van der Waals surface area contributed by atoms with E-state index < -0.39 is 11.6 Å². The molecule has 0 radical (unpaired) electrons. The predicted molar refractivity (Wildman–Crippen MR) is 102 cm³/mol. The summed E-state index contributed by atoms with van der Waals surface area (Å²) in [5.41, 5.74) is 5.17. The Balaban J connectivity index is 2.11. The van der Waals surface area contributed by atoms with Gasteiger partial charge in [-0.1, -0.05) is 24.3 Å². The van der Waals surface area contributed by atoms with Crippen LogP contribution in [0.3, 0.4) is 0 Å². The molecule has 1 atom stereocenters. The number of carboxylic acids is 1. The van der Waals surface area contributed by atoms with Crippen molar-refractivity contribution in [3.05, 3.63) is 63.7 Å². The summed E-state index contributed by atoms with van der Waals surface area (Å²) in [6.07, 6.45) is 2.70. The molecule has 1 unspecified atom stereocenters. The van der Waals surface area contributed by atoms with Crippen LogP contribution in [0.15, 0.2) is 30.3 Å². The van der Waals surface area contributed by atoms with Gasteiger partial charge in [-0.2, -0.15) is 0 Å². The highest BCUT2D eigenvalue weighted by molar-refractivity contribution is 5.85. The highest BCUT2D eigenvalue weighted by atomic mass is 16.5.